The van der Waals surface area contributed by atoms with Crippen LogP contribution in [0.1, 0.15) is 48.8 Å². The molecule has 3 atom stereocenters. The maximum absolute atomic E-state index is 12.3. The number of thiophene rings is 1. The van der Waals surface area contributed by atoms with Crippen LogP contribution < -0.4 is 10.6 Å². The van der Waals surface area contributed by atoms with Crippen LogP contribution >= 0.6 is 23.7 Å². The van der Waals surface area contributed by atoms with Crippen molar-refractivity contribution in [1.82, 2.24) is 10.6 Å². The third-order valence-corrected chi connectivity index (χ3v) is 5.91. The van der Waals surface area contributed by atoms with Gasteiger partial charge in [0.05, 0.1) is 12.6 Å². The van der Waals surface area contributed by atoms with Crippen molar-refractivity contribution in [3.05, 3.63) is 21.9 Å². The van der Waals surface area contributed by atoms with Gasteiger partial charge in [-0.3, -0.25) is 4.79 Å². The van der Waals surface area contributed by atoms with E-state index in [1.807, 2.05) is 0 Å². The van der Waals surface area contributed by atoms with Crippen LogP contribution in [0.2, 0.25) is 0 Å². The molecule has 1 aromatic rings. The third-order valence-electron chi connectivity index (χ3n) is 4.68. The summed E-state index contributed by atoms with van der Waals surface area (Å²) in [6.45, 7) is 2.84. The van der Waals surface area contributed by atoms with Gasteiger partial charge in [-0.2, -0.15) is 0 Å². The van der Waals surface area contributed by atoms with E-state index >= 15 is 0 Å². The first-order chi connectivity index (χ1) is 9.76. The Labute approximate surface area is 137 Å². The van der Waals surface area contributed by atoms with E-state index in [1.54, 1.807) is 11.3 Å². The number of hydrogen-bond donors (Lipinski definition) is 2. The first kappa shape index (κ1) is 16.8. The number of fused-ring (bicyclic) bond motifs is 1. The summed E-state index contributed by atoms with van der Waals surface area (Å²) in [5.74, 6) is 0.916. The summed E-state index contributed by atoms with van der Waals surface area (Å²) in [4.78, 5) is 14.9. The highest BCUT2D eigenvalue weighted by molar-refractivity contribution is 7.11. The smallest absolute Gasteiger partial charge is 0.237 e. The molecule has 5 heteroatoms. The lowest BCUT2D eigenvalue weighted by molar-refractivity contribution is -0.123. The molecular formula is C16H25ClN2OS. The molecule has 0 radical (unpaired) electrons. The van der Waals surface area contributed by atoms with Gasteiger partial charge in [0.25, 0.3) is 0 Å². The maximum Gasteiger partial charge on any atom is 0.237 e. The molecule has 118 valence electrons. The largest absolute Gasteiger partial charge is 0.350 e. The van der Waals surface area contributed by atoms with E-state index in [0.717, 1.165) is 18.8 Å². The van der Waals surface area contributed by atoms with Crippen molar-refractivity contribution in [2.75, 3.05) is 0 Å². The van der Waals surface area contributed by atoms with Gasteiger partial charge in [0, 0.05) is 15.8 Å². The van der Waals surface area contributed by atoms with Crippen LogP contribution in [-0.4, -0.2) is 18.0 Å². The number of aryl methyl sites for hydroxylation is 1. The Balaban J connectivity index is 0.00000161. The first-order valence-corrected chi connectivity index (χ1v) is 8.69. The normalized spacial score (nSPS) is 27.8. The van der Waals surface area contributed by atoms with Crippen molar-refractivity contribution >= 4 is 29.7 Å². The lowest BCUT2D eigenvalue weighted by Crippen LogP contribution is -2.42. The highest BCUT2D eigenvalue weighted by atomic mass is 35.5. The molecular weight excluding hydrogens is 304 g/mol. The Bertz CT molecular complexity index is 463. The van der Waals surface area contributed by atoms with Gasteiger partial charge in [-0.25, -0.2) is 0 Å². The van der Waals surface area contributed by atoms with Crippen molar-refractivity contribution < 1.29 is 4.79 Å². The Morgan fingerprint density at radius 2 is 2.10 bits per heavy atom. The van der Waals surface area contributed by atoms with Gasteiger partial charge in [-0.15, -0.1) is 23.7 Å². The predicted molar refractivity (Wildman–Crippen MR) is 90.1 cm³/mol. The Hall–Kier alpha value is -0.580. The predicted octanol–water partition coefficient (Wildman–Crippen LogP) is 3.27. The average Bonchev–Trinajstić information content (AvgIpc) is 3.10. The minimum absolute atomic E-state index is 0. The molecule has 2 heterocycles. The fraction of sp³-hybridized carbons (Fsp3) is 0.688. The monoisotopic (exact) mass is 328 g/mol. The summed E-state index contributed by atoms with van der Waals surface area (Å²) >= 11 is 1.80. The zero-order valence-corrected chi connectivity index (χ0v) is 14.2. The first-order valence-electron chi connectivity index (χ1n) is 7.87. The van der Waals surface area contributed by atoms with Crippen molar-refractivity contribution in [2.24, 2.45) is 5.92 Å². The fourth-order valence-corrected chi connectivity index (χ4v) is 4.42. The molecule has 1 aliphatic carbocycles. The van der Waals surface area contributed by atoms with E-state index in [1.165, 1.54) is 35.4 Å². The number of nitrogens with one attached hydrogen (secondary N) is 2. The summed E-state index contributed by atoms with van der Waals surface area (Å²) in [6, 6.07) is 4.92. The van der Waals surface area contributed by atoms with Crippen molar-refractivity contribution in [3.8, 4) is 0 Å². The number of amides is 1. The SMILES string of the molecule is CCc1ccc(CNC(=O)C2CC3CCCCC3N2)s1.Cl. The van der Waals surface area contributed by atoms with E-state index in [9.17, 15) is 4.79 Å². The second kappa shape index (κ2) is 7.61. The zero-order chi connectivity index (χ0) is 13.9. The van der Waals surface area contributed by atoms with Gasteiger partial charge in [-0.05, 0) is 43.7 Å². The lowest BCUT2D eigenvalue weighted by Gasteiger charge is -2.24. The van der Waals surface area contributed by atoms with Gasteiger partial charge >= 0.3 is 0 Å². The van der Waals surface area contributed by atoms with Gasteiger partial charge in [0.1, 0.15) is 0 Å². The fourth-order valence-electron chi connectivity index (χ4n) is 3.53. The molecule has 2 N–H and O–H groups in total. The standard InChI is InChI=1S/C16H24N2OS.ClH/c1-2-12-7-8-13(20-12)10-17-16(19)15-9-11-5-3-4-6-14(11)18-15;/h7-8,11,14-15,18H,2-6,9-10H2,1H3,(H,17,19);1H. The molecule has 0 spiro atoms. The van der Waals surface area contributed by atoms with Gasteiger partial charge in [-0.1, -0.05) is 19.8 Å². The van der Waals surface area contributed by atoms with Crippen molar-refractivity contribution in [3.63, 3.8) is 0 Å². The Kier molecular flexibility index (Phi) is 6.08. The van der Waals surface area contributed by atoms with E-state index in [2.05, 4.69) is 29.7 Å². The van der Waals surface area contributed by atoms with Crippen molar-refractivity contribution in [2.45, 2.75) is 64.1 Å². The molecule has 1 aliphatic heterocycles. The molecule has 1 saturated carbocycles. The van der Waals surface area contributed by atoms with Crippen molar-refractivity contribution in [1.29, 1.82) is 0 Å². The number of carbonyl (C=O) groups is 1. The molecule has 0 aromatic carbocycles. The van der Waals surface area contributed by atoms with Crippen LogP contribution in [0.5, 0.6) is 0 Å². The molecule has 21 heavy (non-hydrogen) atoms. The second-order valence-corrected chi connectivity index (χ2v) is 7.30. The van der Waals surface area contributed by atoms with Crippen LogP contribution in [0.25, 0.3) is 0 Å². The number of rotatable bonds is 4. The topological polar surface area (TPSA) is 41.1 Å². The average molecular weight is 329 g/mol. The van der Waals surface area contributed by atoms with Gasteiger partial charge < -0.3 is 10.6 Å². The summed E-state index contributed by atoms with van der Waals surface area (Å²) < 4.78 is 0. The zero-order valence-electron chi connectivity index (χ0n) is 12.6. The van der Waals surface area contributed by atoms with Crippen LogP contribution in [0.4, 0.5) is 0 Å². The second-order valence-electron chi connectivity index (χ2n) is 6.05. The molecule has 2 aliphatic rings. The minimum Gasteiger partial charge on any atom is -0.350 e. The Morgan fingerprint density at radius 1 is 1.33 bits per heavy atom. The Morgan fingerprint density at radius 3 is 2.81 bits per heavy atom. The molecule has 3 rings (SSSR count). The summed E-state index contributed by atoms with van der Waals surface area (Å²) in [5.41, 5.74) is 0. The van der Waals surface area contributed by atoms with Crippen LogP contribution in [0.15, 0.2) is 12.1 Å². The molecule has 1 aromatic heterocycles. The molecule has 3 nitrogen and oxygen atoms in total. The number of hydrogen-bond acceptors (Lipinski definition) is 3. The van der Waals surface area contributed by atoms with Crippen LogP contribution in [0.3, 0.4) is 0 Å². The van der Waals surface area contributed by atoms with E-state index < -0.39 is 0 Å². The molecule has 0 bridgehead atoms. The minimum atomic E-state index is 0. The molecule has 3 unspecified atom stereocenters. The van der Waals surface area contributed by atoms with E-state index in [4.69, 9.17) is 0 Å². The highest BCUT2D eigenvalue weighted by Gasteiger charge is 2.37. The summed E-state index contributed by atoms with van der Waals surface area (Å²) in [7, 11) is 0. The van der Waals surface area contributed by atoms with E-state index in [0.29, 0.717) is 12.6 Å². The highest BCUT2D eigenvalue weighted by Crippen LogP contribution is 2.33. The van der Waals surface area contributed by atoms with E-state index in [-0.39, 0.29) is 24.4 Å². The van der Waals surface area contributed by atoms with Crippen LogP contribution in [-0.2, 0) is 17.8 Å². The summed E-state index contributed by atoms with van der Waals surface area (Å²) in [5, 5.41) is 6.63. The number of halogens is 1. The molecule has 1 amide bonds. The van der Waals surface area contributed by atoms with Gasteiger partial charge in [0.15, 0.2) is 0 Å². The quantitative estimate of drug-likeness (QED) is 0.890. The summed E-state index contributed by atoms with van der Waals surface area (Å²) in [6.07, 6.45) is 7.31. The van der Waals surface area contributed by atoms with Crippen LogP contribution in [0, 0.1) is 5.92 Å². The maximum atomic E-state index is 12.3. The molecule has 2 fully saturated rings. The van der Waals surface area contributed by atoms with Gasteiger partial charge in [0.2, 0.25) is 5.91 Å². The number of carbonyl (C=O) groups excluding carboxylic acids is 1. The lowest BCUT2D eigenvalue weighted by atomic mass is 9.85. The third kappa shape index (κ3) is 3.99. The molecule has 1 saturated heterocycles.